The quantitative estimate of drug-likeness (QED) is 0.390. The summed E-state index contributed by atoms with van der Waals surface area (Å²) in [5, 5.41) is 9.55. The molecule has 0 atom stereocenters. The Balaban J connectivity index is 1.59. The summed E-state index contributed by atoms with van der Waals surface area (Å²) in [6, 6.07) is 4.79. The van der Waals surface area contributed by atoms with Crippen molar-refractivity contribution in [2.24, 2.45) is 4.99 Å². The fraction of sp³-hybridized carbons (Fsp3) is 0.625. The number of carbonyl (C=O) groups excluding carboxylic acids is 1. The fourth-order valence-electron chi connectivity index (χ4n) is 2.08. The minimum absolute atomic E-state index is 0.165. The van der Waals surface area contributed by atoms with Crippen LogP contribution in [0.15, 0.2) is 17.1 Å². The molecule has 0 spiro atoms. The molecule has 0 aromatic carbocycles. The van der Waals surface area contributed by atoms with E-state index >= 15 is 0 Å². The number of thiophene rings is 1. The topological polar surface area (TPSA) is 65.5 Å². The maximum Gasteiger partial charge on any atom is 0.220 e. The lowest BCUT2D eigenvalue weighted by Gasteiger charge is -2.11. The zero-order chi connectivity index (χ0) is 15.8. The first-order chi connectivity index (χ1) is 10.7. The van der Waals surface area contributed by atoms with E-state index in [4.69, 9.17) is 0 Å². The molecular weight excluding hydrogens is 296 g/mol. The summed E-state index contributed by atoms with van der Waals surface area (Å²) in [4.78, 5) is 18.5. The molecule has 6 heteroatoms. The van der Waals surface area contributed by atoms with Crippen molar-refractivity contribution < 1.29 is 4.79 Å². The van der Waals surface area contributed by atoms with E-state index in [0.717, 1.165) is 44.7 Å². The second kappa shape index (κ2) is 8.78. The van der Waals surface area contributed by atoms with Gasteiger partial charge >= 0.3 is 0 Å². The minimum Gasteiger partial charge on any atom is -0.356 e. The molecular formula is C16H26N4OS. The largest absolute Gasteiger partial charge is 0.356 e. The number of hydrogen-bond donors (Lipinski definition) is 3. The predicted octanol–water partition coefficient (Wildman–Crippen LogP) is 2.03. The Morgan fingerprint density at radius 1 is 1.32 bits per heavy atom. The predicted molar refractivity (Wildman–Crippen MR) is 92.3 cm³/mol. The van der Waals surface area contributed by atoms with Gasteiger partial charge in [0.05, 0.1) is 6.54 Å². The summed E-state index contributed by atoms with van der Waals surface area (Å²) >= 11 is 1.83. The molecule has 1 aliphatic carbocycles. The van der Waals surface area contributed by atoms with Crippen LogP contribution in [0, 0.1) is 0 Å². The molecule has 1 amide bonds. The Hall–Kier alpha value is -1.56. The number of rotatable bonds is 8. The molecule has 1 heterocycles. The first-order valence-electron chi connectivity index (χ1n) is 8.02. The normalized spacial score (nSPS) is 14.7. The molecule has 1 aliphatic rings. The third-order valence-corrected chi connectivity index (χ3v) is 4.76. The van der Waals surface area contributed by atoms with Gasteiger partial charge in [0, 0.05) is 35.8 Å². The van der Waals surface area contributed by atoms with Gasteiger partial charge in [0.15, 0.2) is 5.96 Å². The molecule has 0 aliphatic heterocycles. The van der Waals surface area contributed by atoms with Crippen LogP contribution in [0.2, 0.25) is 0 Å². The van der Waals surface area contributed by atoms with Gasteiger partial charge in [-0.1, -0.05) is 6.92 Å². The van der Waals surface area contributed by atoms with E-state index in [1.807, 2.05) is 11.3 Å². The van der Waals surface area contributed by atoms with E-state index in [1.165, 1.54) is 9.75 Å². The number of nitrogens with zero attached hydrogens (tertiary/aromatic N) is 1. The van der Waals surface area contributed by atoms with Crippen molar-refractivity contribution in [2.75, 3.05) is 13.6 Å². The average molecular weight is 322 g/mol. The van der Waals surface area contributed by atoms with Crippen molar-refractivity contribution in [3.63, 3.8) is 0 Å². The fourth-order valence-corrected chi connectivity index (χ4v) is 2.98. The Morgan fingerprint density at radius 3 is 2.73 bits per heavy atom. The second-order valence-electron chi connectivity index (χ2n) is 5.52. The van der Waals surface area contributed by atoms with Crippen LogP contribution in [0.25, 0.3) is 0 Å². The molecule has 122 valence electrons. The SMILES string of the molecule is CCc1ccc(CNC(=NC)NCCCC(=O)NC2CC2)s1. The van der Waals surface area contributed by atoms with Crippen LogP contribution in [-0.2, 0) is 17.8 Å². The maximum atomic E-state index is 11.6. The van der Waals surface area contributed by atoms with Gasteiger partial charge in [0.1, 0.15) is 0 Å². The first kappa shape index (κ1) is 16.8. The van der Waals surface area contributed by atoms with Crippen molar-refractivity contribution in [1.82, 2.24) is 16.0 Å². The summed E-state index contributed by atoms with van der Waals surface area (Å²) in [5.74, 6) is 0.951. The van der Waals surface area contributed by atoms with E-state index in [0.29, 0.717) is 12.5 Å². The minimum atomic E-state index is 0.165. The third-order valence-electron chi connectivity index (χ3n) is 3.53. The summed E-state index contributed by atoms with van der Waals surface area (Å²) in [7, 11) is 1.76. The lowest BCUT2D eigenvalue weighted by atomic mass is 10.3. The Kier molecular flexibility index (Phi) is 6.71. The van der Waals surface area contributed by atoms with E-state index in [-0.39, 0.29) is 5.91 Å². The van der Waals surface area contributed by atoms with Crippen LogP contribution < -0.4 is 16.0 Å². The number of guanidine groups is 1. The highest BCUT2D eigenvalue weighted by Gasteiger charge is 2.22. The standard InChI is InChI=1S/C16H26N4OS/c1-3-13-8-9-14(22-13)11-19-16(17-2)18-10-4-5-15(21)20-12-6-7-12/h8-9,12H,3-7,10-11H2,1-2H3,(H,20,21)(H2,17,18,19). The summed E-state index contributed by atoms with van der Waals surface area (Å²) in [5.41, 5.74) is 0. The van der Waals surface area contributed by atoms with Gasteiger partial charge in [-0.3, -0.25) is 9.79 Å². The highest BCUT2D eigenvalue weighted by atomic mass is 32.1. The molecule has 0 radical (unpaired) electrons. The molecule has 1 saturated carbocycles. The van der Waals surface area contributed by atoms with Gasteiger partial charge in [0.2, 0.25) is 5.91 Å². The highest BCUT2D eigenvalue weighted by Crippen LogP contribution is 2.18. The Morgan fingerprint density at radius 2 is 2.09 bits per heavy atom. The highest BCUT2D eigenvalue weighted by molar-refractivity contribution is 7.11. The van der Waals surface area contributed by atoms with Gasteiger partial charge in [-0.15, -0.1) is 11.3 Å². The molecule has 1 aromatic heterocycles. The van der Waals surface area contributed by atoms with Crippen LogP contribution in [0.4, 0.5) is 0 Å². The van der Waals surface area contributed by atoms with E-state index in [1.54, 1.807) is 7.05 Å². The summed E-state index contributed by atoms with van der Waals surface area (Å²) in [6.07, 6.45) is 4.76. The molecule has 0 unspecified atom stereocenters. The van der Waals surface area contributed by atoms with Crippen molar-refractivity contribution in [3.8, 4) is 0 Å². The zero-order valence-corrected chi connectivity index (χ0v) is 14.3. The van der Waals surface area contributed by atoms with Gasteiger partial charge in [0.25, 0.3) is 0 Å². The molecule has 0 saturated heterocycles. The van der Waals surface area contributed by atoms with Crippen molar-refractivity contribution in [3.05, 3.63) is 21.9 Å². The van der Waals surface area contributed by atoms with Crippen molar-refractivity contribution in [2.45, 2.75) is 51.6 Å². The Bertz CT molecular complexity index is 508. The van der Waals surface area contributed by atoms with E-state index in [2.05, 4.69) is 40.0 Å². The number of aryl methyl sites for hydroxylation is 1. The molecule has 1 aromatic rings. The van der Waals surface area contributed by atoms with Gasteiger partial charge < -0.3 is 16.0 Å². The van der Waals surface area contributed by atoms with Crippen LogP contribution >= 0.6 is 11.3 Å². The van der Waals surface area contributed by atoms with Gasteiger partial charge in [-0.25, -0.2) is 0 Å². The second-order valence-corrected chi connectivity index (χ2v) is 6.77. The smallest absolute Gasteiger partial charge is 0.220 e. The lowest BCUT2D eigenvalue weighted by Crippen LogP contribution is -2.37. The molecule has 3 N–H and O–H groups in total. The van der Waals surface area contributed by atoms with Crippen LogP contribution in [0.3, 0.4) is 0 Å². The van der Waals surface area contributed by atoms with E-state index in [9.17, 15) is 4.79 Å². The summed E-state index contributed by atoms with van der Waals surface area (Å²) < 4.78 is 0. The van der Waals surface area contributed by atoms with Gasteiger partial charge in [-0.05, 0) is 37.8 Å². The van der Waals surface area contributed by atoms with Crippen LogP contribution in [-0.4, -0.2) is 31.5 Å². The summed E-state index contributed by atoms with van der Waals surface area (Å²) in [6.45, 7) is 3.71. The number of aliphatic imine (C=N–C) groups is 1. The van der Waals surface area contributed by atoms with Crippen molar-refractivity contribution in [1.29, 1.82) is 0 Å². The van der Waals surface area contributed by atoms with Crippen LogP contribution in [0.1, 0.15) is 42.4 Å². The molecule has 1 fully saturated rings. The van der Waals surface area contributed by atoms with E-state index < -0.39 is 0 Å². The van der Waals surface area contributed by atoms with Crippen molar-refractivity contribution >= 4 is 23.2 Å². The number of hydrogen-bond acceptors (Lipinski definition) is 3. The number of carbonyl (C=O) groups is 1. The Labute approximate surface area is 136 Å². The first-order valence-corrected chi connectivity index (χ1v) is 8.84. The molecule has 22 heavy (non-hydrogen) atoms. The van der Waals surface area contributed by atoms with Crippen LogP contribution in [0.5, 0.6) is 0 Å². The number of amides is 1. The monoisotopic (exact) mass is 322 g/mol. The maximum absolute atomic E-state index is 11.6. The molecule has 0 bridgehead atoms. The molecule has 5 nitrogen and oxygen atoms in total. The van der Waals surface area contributed by atoms with Gasteiger partial charge in [-0.2, -0.15) is 0 Å². The number of nitrogens with one attached hydrogen (secondary N) is 3. The molecule has 2 rings (SSSR count). The zero-order valence-electron chi connectivity index (χ0n) is 13.4. The average Bonchev–Trinajstić information content (AvgIpc) is 3.21. The third kappa shape index (κ3) is 6.05. The lowest BCUT2D eigenvalue weighted by molar-refractivity contribution is -0.121.